The van der Waals surface area contributed by atoms with E-state index >= 15 is 0 Å². The van der Waals surface area contributed by atoms with E-state index in [0.717, 1.165) is 10.2 Å². The van der Waals surface area contributed by atoms with E-state index in [1.807, 2.05) is 31.2 Å². The van der Waals surface area contributed by atoms with E-state index in [1.165, 1.54) is 0 Å². The minimum absolute atomic E-state index is 0.0590. The second-order valence-corrected chi connectivity index (χ2v) is 3.45. The van der Waals surface area contributed by atoms with Crippen LogP contribution in [0, 0.1) is 0 Å². The molecule has 0 bridgehead atoms. The highest BCUT2D eigenvalue weighted by atomic mass is 79.9. The van der Waals surface area contributed by atoms with E-state index in [4.69, 9.17) is 10.5 Å². The Hall–Kier alpha value is -0.540. The van der Waals surface area contributed by atoms with Gasteiger partial charge in [0.05, 0.1) is 4.47 Å². The van der Waals surface area contributed by atoms with Crippen LogP contribution in [0.1, 0.15) is 6.92 Å². The lowest BCUT2D eigenvalue weighted by atomic mass is 10.3. The van der Waals surface area contributed by atoms with Gasteiger partial charge in [0, 0.05) is 6.54 Å². The molecule has 66 valence electrons. The van der Waals surface area contributed by atoms with Crippen LogP contribution < -0.4 is 10.5 Å². The fourth-order valence-corrected chi connectivity index (χ4v) is 1.18. The molecule has 0 spiro atoms. The number of hydrogen-bond donors (Lipinski definition) is 1. The zero-order valence-electron chi connectivity index (χ0n) is 6.96. The molecule has 0 saturated carbocycles. The van der Waals surface area contributed by atoms with Crippen LogP contribution in [0.15, 0.2) is 28.7 Å². The van der Waals surface area contributed by atoms with Crippen molar-refractivity contribution in [3.63, 3.8) is 0 Å². The fourth-order valence-electron chi connectivity index (χ4n) is 0.805. The molecule has 2 nitrogen and oxygen atoms in total. The van der Waals surface area contributed by atoms with Crippen molar-refractivity contribution in [3.05, 3.63) is 28.7 Å². The van der Waals surface area contributed by atoms with Crippen LogP contribution >= 0.6 is 15.9 Å². The summed E-state index contributed by atoms with van der Waals surface area (Å²) in [5.41, 5.74) is 5.43. The number of hydrogen-bond acceptors (Lipinski definition) is 2. The molecule has 0 aliphatic rings. The molecule has 0 amide bonds. The first-order valence-electron chi connectivity index (χ1n) is 3.85. The smallest absolute Gasteiger partial charge is 0.133 e. The predicted octanol–water partition coefficient (Wildman–Crippen LogP) is 2.18. The summed E-state index contributed by atoms with van der Waals surface area (Å²) in [6.07, 6.45) is 0.0590. The molecule has 0 heterocycles. The third kappa shape index (κ3) is 2.50. The standard InChI is InChI=1S/C9H12BrNO/c1-7(6-11)12-9-5-3-2-4-8(9)10/h2-5,7H,6,11H2,1H3. The molecule has 12 heavy (non-hydrogen) atoms. The van der Waals surface area contributed by atoms with Crippen LogP contribution in [0.2, 0.25) is 0 Å². The minimum atomic E-state index is 0.0590. The van der Waals surface area contributed by atoms with Gasteiger partial charge < -0.3 is 10.5 Å². The molecule has 1 atom stereocenters. The number of halogens is 1. The number of ether oxygens (including phenoxy) is 1. The van der Waals surface area contributed by atoms with Gasteiger partial charge in [-0.05, 0) is 35.0 Å². The van der Waals surface area contributed by atoms with Crippen molar-refractivity contribution in [2.24, 2.45) is 5.73 Å². The summed E-state index contributed by atoms with van der Waals surface area (Å²) in [5.74, 6) is 0.843. The molecule has 3 heteroatoms. The van der Waals surface area contributed by atoms with Gasteiger partial charge in [0.15, 0.2) is 0 Å². The van der Waals surface area contributed by atoms with Gasteiger partial charge in [-0.3, -0.25) is 0 Å². The molecule has 1 unspecified atom stereocenters. The third-order valence-corrected chi connectivity index (χ3v) is 2.15. The first-order valence-corrected chi connectivity index (χ1v) is 4.64. The van der Waals surface area contributed by atoms with Gasteiger partial charge in [0.2, 0.25) is 0 Å². The van der Waals surface area contributed by atoms with Crippen LogP contribution in [0.25, 0.3) is 0 Å². The SMILES string of the molecule is CC(CN)Oc1ccccc1Br. The summed E-state index contributed by atoms with van der Waals surface area (Å²) in [7, 11) is 0. The molecule has 1 aromatic carbocycles. The van der Waals surface area contributed by atoms with Gasteiger partial charge in [-0.1, -0.05) is 12.1 Å². The maximum Gasteiger partial charge on any atom is 0.133 e. The van der Waals surface area contributed by atoms with Crippen molar-refractivity contribution in [1.29, 1.82) is 0 Å². The molecular weight excluding hydrogens is 218 g/mol. The summed E-state index contributed by atoms with van der Waals surface area (Å²) in [6.45, 7) is 2.47. The zero-order chi connectivity index (χ0) is 8.97. The molecule has 1 rings (SSSR count). The van der Waals surface area contributed by atoms with Crippen LogP contribution in [0.4, 0.5) is 0 Å². The van der Waals surface area contributed by atoms with Crippen molar-refractivity contribution in [3.8, 4) is 5.75 Å². The second-order valence-electron chi connectivity index (χ2n) is 2.59. The Bertz CT molecular complexity index is 252. The molecule has 0 aromatic heterocycles. The van der Waals surface area contributed by atoms with Gasteiger partial charge in [0.25, 0.3) is 0 Å². The maximum absolute atomic E-state index is 5.52. The van der Waals surface area contributed by atoms with E-state index in [0.29, 0.717) is 6.54 Å². The highest BCUT2D eigenvalue weighted by Gasteiger charge is 2.03. The maximum atomic E-state index is 5.52. The van der Waals surface area contributed by atoms with Crippen molar-refractivity contribution in [2.75, 3.05) is 6.54 Å². The van der Waals surface area contributed by atoms with E-state index in [1.54, 1.807) is 0 Å². The average Bonchev–Trinajstić information content (AvgIpc) is 2.09. The van der Waals surface area contributed by atoms with Crippen molar-refractivity contribution >= 4 is 15.9 Å². The van der Waals surface area contributed by atoms with E-state index < -0.39 is 0 Å². The molecule has 1 aromatic rings. The van der Waals surface area contributed by atoms with Gasteiger partial charge in [0.1, 0.15) is 11.9 Å². The van der Waals surface area contributed by atoms with Gasteiger partial charge >= 0.3 is 0 Å². The third-order valence-electron chi connectivity index (χ3n) is 1.50. The van der Waals surface area contributed by atoms with Crippen LogP contribution in [-0.4, -0.2) is 12.6 Å². The molecular formula is C9H12BrNO. The van der Waals surface area contributed by atoms with Gasteiger partial charge in [-0.25, -0.2) is 0 Å². The molecule has 0 saturated heterocycles. The number of benzene rings is 1. The van der Waals surface area contributed by atoms with Gasteiger partial charge in [-0.15, -0.1) is 0 Å². The molecule has 0 fully saturated rings. The van der Waals surface area contributed by atoms with Crippen molar-refractivity contribution < 1.29 is 4.74 Å². The molecule has 0 radical (unpaired) electrons. The number of para-hydroxylation sites is 1. The molecule has 2 N–H and O–H groups in total. The monoisotopic (exact) mass is 229 g/mol. The van der Waals surface area contributed by atoms with E-state index in [-0.39, 0.29) is 6.10 Å². The lowest BCUT2D eigenvalue weighted by Crippen LogP contribution is -2.22. The van der Waals surface area contributed by atoms with Crippen molar-refractivity contribution in [1.82, 2.24) is 0 Å². The van der Waals surface area contributed by atoms with Gasteiger partial charge in [-0.2, -0.15) is 0 Å². The summed E-state index contributed by atoms with van der Waals surface area (Å²) < 4.78 is 6.49. The Kier molecular flexibility index (Phi) is 3.56. The quantitative estimate of drug-likeness (QED) is 0.863. The summed E-state index contributed by atoms with van der Waals surface area (Å²) >= 11 is 3.39. The van der Waals surface area contributed by atoms with E-state index in [9.17, 15) is 0 Å². The summed E-state index contributed by atoms with van der Waals surface area (Å²) in [5, 5.41) is 0. The van der Waals surface area contributed by atoms with Crippen LogP contribution in [-0.2, 0) is 0 Å². The Labute approximate surface area is 80.8 Å². The zero-order valence-corrected chi connectivity index (χ0v) is 8.54. The number of nitrogens with two attached hydrogens (primary N) is 1. The first kappa shape index (κ1) is 9.55. The Morgan fingerprint density at radius 2 is 2.17 bits per heavy atom. The molecule has 0 aliphatic carbocycles. The Morgan fingerprint density at radius 1 is 1.50 bits per heavy atom. The van der Waals surface area contributed by atoms with E-state index in [2.05, 4.69) is 15.9 Å². The summed E-state index contributed by atoms with van der Waals surface area (Å²) in [6, 6.07) is 7.74. The number of rotatable bonds is 3. The lowest BCUT2D eigenvalue weighted by molar-refractivity contribution is 0.228. The van der Waals surface area contributed by atoms with Crippen LogP contribution in [0.5, 0.6) is 5.75 Å². The summed E-state index contributed by atoms with van der Waals surface area (Å²) in [4.78, 5) is 0. The lowest BCUT2D eigenvalue weighted by Gasteiger charge is -2.13. The second kappa shape index (κ2) is 4.48. The first-order chi connectivity index (χ1) is 5.74. The minimum Gasteiger partial charge on any atom is -0.488 e. The average molecular weight is 230 g/mol. The normalized spacial score (nSPS) is 12.6. The van der Waals surface area contributed by atoms with Crippen molar-refractivity contribution in [2.45, 2.75) is 13.0 Å². The highest BCUT2D eigenvalue weighted by molar-refractivity contribution is 9.10. The van der Waals surface area contributed by atoms with Crippen LogP contribution in [0.3, 0.4) is 0 Å². The molecule has 0 aliphatic heterocycles. The Morgan fingerprint density at radius 3 is 2.75 bits per heavy atom. The topological polar surface area (TPSA) is 35.2 Å². The largest absolute Gasteiger partial charge is 0.488 e. The highest BCUT2D eigenvalue weighted by Crippen LogP contribution is 2.24. The fraction of sp³-hybridized carbons (Fsp3) is 0.333. The Balaban J connectivity index is 2.69. The predicted molar refractivity (Wildman–Crippen MR) is 53.3 cm³/mol.